The standard InChI is InChI=1S/C27H21N3O2S2/c31-24(29-25(23-16-9-17-33-23)19-10-3-1-4-11-19)18-34-27-28-22-15-8-7-14-21(22)26(32)30(27)20-12-5-2-6-13-20/h1-17,25H,18H2,(H,29,31). The number of thiophene rings is 1. The number of benzene rings is 3. The first-order valence-corrected chi connectivity index (χ1v) is 12.6. The van der Waals surface area contributed by atoms with Crippen molar-refractivity contribution in [3.63, 3.8) is 0 Å². The molecule has 2 heterocycles. The number of nitrogens with zero attached hydrogens (tertiary/aromatic N) is 2. The highest BCUT2D eigenvalue weighted by atomic mass is 32.2. The molecule has 0 aliphatic rings. The van der Waals surface area contributed by atoms with Crippen LogP contribution in [-0.2, 0) is 4.79 Å². The number of thioether (sulfide) groups is 1. The Bertz CT molecular complexity index is 1470. The van der Waals surface area contributed by atoms with Gasteiger partial charge >= 0.3 is 0 Å². The molecule has 34 heavy (non-hydrogen) atoms. The van der Waals surface area contributed by atoms with Gasteiger partial charge in [-0.2, -0.15) is 0 Å². The highest BCUT2D eigenvalue weighted by Gasteiger charge is 2.19. The summed E-state index contributed by atoms with van der Waals surface area (Å²) in [5, 5.41) is 6.18. The molecule has 5 nitrogen and oxygen atoms in total. The van der Waals surface area contributed by atoms with E-state index in [2.05, 4.69) is 5.32 Å². The molecule has 1 N–H and O–H groups in total. The first-order chi connectivity index (χ1) is 16.7. The van der Waals surface area contributed by atoms with E-state index in [1.807, 2.05) is 96.4 Å². The number of carbonyl (C=O) groups is 1. The van der Waals surface area contributed by atoms with Gasteiger partial charge in [-0.25, -0.2) is 4.98 Å². The summed E-state index contributed by atoms with van der Waals surface area (Å²) < 4.78 is 1.58. The molecule has 0 bridgehead atoms. The van der Waals surface area contributed by atoms with Gasteiger partial charge in [-0.1, -0.05) is 78.5 Å². The topological polar surface area (TPSA) is 64.0 Å². The van der Waals surface area contributed by atoms with E-state index in [0.717, 1.165) is 16.1 Å². The van der Waals surface area contributed by atoms with E-state index < -0.39 is 0 Å². The van der Waals surface area contributed by atoms with Crippen molar-refractivity contribution in [2.75, 3.05) is 5.75 Å². The van der Waals surface area contributed by atoms with Crippen LogP contribution in [0.3, 0.4) is 0 Å². The van der Waals surface area contributed by atoms with Crippen molar-refractivity contribution in [3.8, 4) is 5.69 Å². The first-order valence-electron chi connectivity index (χ1n) is 10.8. The monoisotopic (exact) mass is 483 g/mol. The number of hydrogen-bond donors (Lipinski definition) is 1. The number of hydrogen-bond acceptors (Lipinski definition) is 5. The van der Waals surface area contributed by atoms with E-state index >= 15 is 0 Å². The Morgan fingerprint density at radius 3 is 2.35 bits per heavy atom. The van der Waals surface area contributed by atoms with E-state index in [-0.39, 0.29) is 23.3 Å². The molecule has 2 aromatic heterocycles. The summed E-state index contributed by atoms with van der Waals surface area (Å²) in [6, 6.07) is 30.4. The second-order valence-corrected chi connectivity index (χ2v) is 9.52. The van der Waals surface area contributed by atoms with E-state index in [4.69, 9.17) is 4.98 Å². The summed E-state index contributed by atoms with van der Waals surface area (Å²) in [7, 11) is 0. The van der Waals surface area contributed by atoms with Crippen LogP contribution < -0.4 is 10.9 Å². The van der Waals surface area contributed by atoms with E-state index in [1.165, 1.54) is 11.8 Å². The quantitative estimate of drug-likeness (QED) is 0.247. The molecule has 0 saturated heterocycles. The summed E-state index contributed by atoms with van der Waals surface area (Å²) in [6.07, 6.45) is 0. The minimum atomic E-state index is -0.227. The molecule has 3 aromatic carbocycles. The number of aromatic nitrogens is 2. The van der Waals surface area contributed by atoms with Crippen molar-refractivity contribution in [2.24, 2.45) is 0 Å². The number of carbonyl (C=O) groups excluding carboxylic acids is 1. The molecule has 0 spiro atoms. The molecular weight excluding hydrogens is 462 g/mol. The van der Waals surface area contributed by atoms with Gasteiger partial charge in [0.25, 0.3) is 5.56 Å². The van der Waals surface area contributed by atoms with Crippen LogP contribution in [0.5, 0.6) is 0 Å². The third-order valence-electron chi connectivity index (χ3n) is 5.36. The average Bonchev–Trinajstić information content (AvgIpc) is 3.42. The maximum absolute atomic E-state index is 13.3. The number of nitrogens with one attached hydrogen (secondary N) is 1. The molecule has 5 aromatic rings. The Hall–Kier alpha value is -3.68. The van der Waals surface area contributed by atoms with Crippen molar-refractivity contribution in [1.82, 2.24) is 14.9 Å². The number of rotatable bonds is 7. The van der Waals surface area contributed by atoms with Crippen molar-refractivity contribution in [1.29, 1.82) is 0 Å². The smallest absolute Gasteiger partial charge is 0.266 e. The second-order valence-electron chi connectivity index (χ2n) is 7.60. The van der Waals surface area contributed by atoms with Crippen LogP contribution in [0.4, 0.5) is 0 Å². The van der Waals surface area contributed by atoms with Gasteiger partial charge < -0.3 is 5.32 Å². The number of fused-ring (bicyclic) bond motifs is 1. The predicted molar refractivity (Wildman–Crippen MR) is 139 cm³/mol. The van der Waals surface area contributed by atoms with Gasteiger partial charge in [-0.05, 0) is 41.3 Å². The number of amides is 1. The molecule has 0 saturated carbocycles. The molecule has 1 amide bonds. The van der Waals surface area contributed by atoms with Crippen molar-refractivity contribution < 1.29 is 4.79 Å². The van der Waals surface area contributed by atoms with E-state index in [1.54, 1.807) is 22.0 Å². The lowest BCUT2D eigenvalue weighted by Crippen LogP contribution is -2.30. The largest absolute Gasteiger partial charge is 0.344 e. The lowest BCUT2D eigenvalue weighted by atomic mass is 10.1. The maximum Gasteiger partial charge on any atom is 0.266 e. The van der Waals surface area contributed by atoms with Gasteiger partial charge in [-0.3, -0.25) is 14.2 Å². The van der Waals surface area contributed by atoms with Crippen LogP contribution in [0.15, 0.2) is 112 Å². The van der Waals surface area contributed by atoms with Crippen LogP contribution in [0.25, 0.3) is 16.6 Å². The zero-order valence-corrected chi connectivity index (χ0v) is 19.8. The fraction of sp³-hybridized carbons (Fsp3) is 0.0741. The highest BCUT2D eigenvalue weighted by molar-refractivity contribution is 7.99. The lowest BCUT2D eigenvalue weighted by molar-refractivity contribution is -0.119. The Labute approximate surface area is 205 Å². The molecule has 0 aliphatic heterocycles. The lowest BCUT2D eigenvalue weighted by Gasteiger charge is -2.18. The van der Waals surface area contributed by atoms with Gasteiger partial charge in [0.1, 0.15) is 0 Å². The molecule has 0 fully saturated rings. The Kier molecular flexibility index (Phi) is 6.56. The van der Waals surface area contributed by atoms with Gasteiger partial charge in [-0.15, -0.1) is 11.3 Å². The molecular formula is C27H21N3O2S2. The van der Waals surface area contributed by atoms with Crippen LogP contribution in [-0.4, -0.2) is 21.2 Å². The molecule has 1 unspecified atom stereocenters. The van der Waals surface area contributed by atoms with Crippen molar-refractivity contribution in [2.45, 2.75) is 11.2 Å². The normalized spacial score (nSPS) is 11.9. The van der Waals surface area contributed by atoms with Crippen LogP contribution >= 0.6 is 23.1 Å². The third kappa shape index (κ3) is 4.66. The SMILES string of the molecule is O=C(CSc1nc2ccccc2c(=O)n1-c1ccccc1)NC(c1ccccc1)c1cccs1. The zero-order valence-electron chi connectivity index (χ0n) is 18.1. The minimum Gasteiger partial charge on any atom is -0.344 e. The summed E-state index contributed by atoms with van der Waals surface area (Å²) in [5.41, 5.74) is 2.20. The molecule has 0 aliphatic carbocycles. The van der Waals surface area contributed by atoms with Crippen molar-refractivity contribution in [3.05, 3.63) is 123 Å². The Balaban J connectivity index is 1.43. The van der Waals surface area contributed by atoms with E-state index in [9.17, 15) is 9.59 Å². The average molecular weight is 484 g/mol. The van der Waals surface area contributed by atoms with Crippen LogP contribution in [0, 0.1) is 0 Å². The van der Waals surface area contributed by atoms with Gasteiger partial charge in [0.05, 0.1) is 28.4 Å². The van der Waals surface area contributed by atoms with Crippen LogP contribution in [0.2, 0.25) is 0 Å². The van der Waals surface area contributed by atoms with Gasteiger partial charge in [0.15, 0.2) is 5.16 Å². The second kappa shape index (κ2) is 10.1. The fourth-order valence-electron chi connectivity index (χ4n) is 3.77. The molecule has 1 atom stereocenters. The van der Waals surface area contributed by atoms with Crippen molar-refractivity contribution >= 4 is 39.9 Å². The molecule has 168 valence electrons. The Morgan fingerprint density at radius 2 is 1.62 bits per heavy atom. The molecule has 5 rings (SSSR count). The Morgan fingerprint density at radius 1 is 0.912 bits per heavy atom. The first kappa shape index (κ1) is 22.1. The zero-order chi connectivity index (χ0) is 23.3. The number of para-hydroxylation sites is 2. The molecule has 7 heteroatoms. The third-order valence-corrected chi connectivity index (χ3v) is 7.23. The van der Waals surface area contributed by atoms with Crippen LogP contribution in [0.1, 0.15) is 16.5 Å². The fourth-order valence-corrected chi connectivity index (χ4v) is 5.39. The predicted octanol–water partition coefficient (Wildman–Crippen LogP) is 5.45. The van der Waals surface area contributed by atoms with Gasteiger partial charge in [0, 0.05) is 4.88 Å². The summed E-state index contributed by atoms with van der Waals surface area (Å²) in [6.45, 7) is 0. The summed E-state index contributed by atoms with van der Waals surface area (Å²) in [5.74, 6) is 0.000969. The highest BCUT2D eigenvalue weighted by Crippen LogP contribution is 2.27. The molecule has 0 radical (unpaired) electrons. The maximum atomic E-state index is 13.3. The summed E-state index contributed by atoms with van der Waals surface area (Å²) >= 11 is 2.86. The van der Waals surface area contributed by atoms with Gasteiger partial charge in [0.2, 0.25) is 5.91 Å². The summed E-state index contributed by atoms with van der Waals surface area (Å²) in [4.78, 5) is 32.2. The minimum absolute atomic E-state index is 0.130. The van der Waals surface area contributed by atoms with E-state index in [0.29, 0.717) is 16.1 Å².